The Morgan fingerprint density at radius 1 is 1.35 bits per heavy atom. The highest BCUT2D eigenvalue weighted by molar-refractivity contribution is 7.12. The third-order valence-corrected chi connectivity index (χ3v) is 4.79. The molecule has 110 valence electrons. The van der Waals surface area contributed by atoms with Crippen LogP contribution in [0.3, 0.4) is 0 Å². The van der Waals surface area contributed by atoms with E-state index in [-0.39, 0.29) is 24.5 Å². The maximum absolute atomic E-state index is 12.0. The first-order chi connectivity index (χ1) is 9.39. The fraction of sp³-hybridized carbons (Fsp3) is 0.600. The number of nitrogens with one attached hydrogen (secondary N) is 1. The lowest BCUT2D eigenvalue weighted by atomic mass is 9.80. The zero-order valence-corrected chi connectivity index (χ0v) is 12.8. The summed E-state index contributed by atoms with van der Waals surface area (Å²) >= 11 is 1.60. The lowest BCUT2D eigenvalue weighted by Crippen LogP contribution is -2.47. The number of ketones is 1. The Bertz CT molecular complexity index is 517. The molecular formula is C15H21NO3S. The summed E-state index contributed by atoms with van der Waals surface area (Å²) in [6.45, 7) is 4.20. The van der Waals surface area contributed by atoms with E-state index in [2.05, 4.69) is 5.32 Å². The minimum absolute atomic E-state index is 0.0179. The molecule has 1 aromatic rings. The normalized spacial score (nSPS) is 16.6. The molecule has 1 saturated carbocycles. The maximum Gasteiger partial charge on any atom is 0.220 e. The van der Waals surface area contributed by atoms with Crippen LogP contribution in [0.4, 0.5) is 0 Å². The van der Waals surface area contributed by atoms with E-state index in [9.17, 15) is 14.7 Å². The van der Waals surface area contributed by atoms with Crippen LogP contribution in [0.15, 0.2) is 6.07 Å². The predicted molar refractivity (Wildman–Crippen MR) is 79.2 cm³/mol. The van der Waals surface area contributed by atoms with E-state index in [0.29, 0.717) is 6.54 Å². The Balaban J connectivity index is 1.75. The summed E-state index contributed by atoms with van der Waals surface area (Å²) in [6.07, 6.45) is 2.92. The fourth-order valence-electron chi connectivity index (χ4n) is 2.38. The van der Waals surface area contributed by atoms with Gasteiger partial charge in [-0.1, -0.05) is 0 Å². The molecule has 1 heterocycles. The number of hydrogen-bond acceptors (Lipinski definition) is 4. The first-order valence-corrected chi connectivity index (χ1v) is 7.81. The van der Waals surface area contributed by atoms with Crippen LogP contribution in [0.2, 0.25) is 0 Å². The van der Waals surface area contributed by atoms with E-state index >= 15 is 0 Å². The molecule has 0 bridgehead atoms. The van der Waals surface area contributed by atoms with Crippen molar-refractivity contribution in [1.29, 1.82) is 0 Å². The summed E-state index contributed by atoms with van der Waals surface area (Å²) in [7, 11) is 0. The molecule has 20 heavy (non-hydrogen) atoms. The SMILES string of the molecule is Cc1cc(C(=O)CCC(=O)NCC2(O)CCC2)c(C)s1. The predicted octanol–water partition coefficient (Wildman–Crippen LogP) is 2.36. The minimum Gasteiger partial charge on any atom is -0.388 e. The molecule has 2 N–H and O–H groups in total. The number of Topliss-reactive ketones (excluding diaryl/α,β-unsaturated/α-hetero) is 1. The van der Waals surface area contributed by atoms with Crippen molar-refractivity contribution in [3.63, 3.8) is 0 Å². The average Bonchev–Trinajstić information content (AvgIpc) is 2.70. The monoisotopic (exact) mass is 295 g/mol. The first kappa shape index (κ1) is 15.2. The van der Waals surface area contributed by atoms with Gasteiger partial charge in [-0.15, -0.1) is 11.3 Å². The molecule has 0 aliphatic heterocycles. The Kier molecular flexibility index (Phi) is 4.60. The average molecular weight is 295 g/mol. The molecule has 4 nitrogen and oxygen atoms in total. The number of thiophene rings is 1. The van der Waals surface area contributed by atoms with Crippen molar-refractivity contribution in [2.75, 3.05) is 6.54 Å². The topological polar surface area (TPSA) is 66.4 Å². The minimum atomic E-state index is -0.708. The number of amides is 1. The van der Waals surface area contributed by atoms with Gasteiger partial charge < -0.3 is 10.4 Å². The highest BCUT2D eigenvalue weighted by Gasteiger charge is 2.34. The maximum atomic E-state index is 12.0. The zero-order valence-electron chi connectivity index (χ0n) is 12.0. The van der Waals surface area contributed by atoms with Crippen LogP contribution in [0.5, 0.6) is 0 Å². The van der Waals surface area contributed by atoms with E-state index in [1.807, 2.05) is 19.9 Å². The molecular weight excluding hydrogens is 274 g/mol. The summed E-state index contributed by atoms with van der Waals surface area (Å²) < 4.78 is 0. The van der Waals surface area contributed by atoms with Gasteiger partial charge in [0.2, 0.25) is 5.91 Å². The quantitative estimate of drug-likeness (QED) is 0.792. The van der Waals surface area contributed by atoms with E-state index in [1.54, 1.807) is 11.3 Å². The summed E-state index contributed by atoms with van der Waals surface area (Å²) in [5, 5.41) is 12.6. The third-order valence-electron chi connectivity index (χ3n) is 3.82. The van der Waals surface area contributed by atoms with Crippen molar-refractivity contribution in [2.24, 2.45) is 0 Å². The lowest BCUT2D eigenvalue weighted by Gasteiger charge is -2.36. The number of aliphatic hydroxyl groups is 1. The van der Waals surface area contributed by atoms with Crippen molar-refractivity contribution in [2.45, 2.75) is 51.6 Å². The second kappa shape index (κ2) is 6.06. The van der Waals surface area contributed by atoms with Gasteiger partial charge in [0.25, 0.3) is 0 Å². The van der Waals surface area contributed by atoms with Gasteiger partial charge in [0.15, 0.2) is 5.78 Å². The molecule has 0 radical (unpaired) electrons. The van der Waals surface area contributed by atoms with Crippen LogP contribution in [-0.2, 0) is 4.79 Å². The number of hydrogen-bond donors (Lipinski definition) is 2. The molecule has 2 rings (SSSR count). The van der Waals surface area contributed by atoms with Crippen molar-refractivity contribution < 1.29 is 14.7 Å². The van der Waals surface area contributed by atoms with Gasteiger partial charge in [0.1, 0.15) is 0 Å². The molecule has 0 aromatic carbocycles. The summed E-state index contributed by atoms with van der Waals surface area (Å²) in [6, 6.07) is 1.89. The Hall–Kier alpha value is -1.20. The molecule has 1 fully saturated rings. The van der Waals surface area contributed by atoms with Gasteiger partial charge in [0, 0.05) is 34.7 Å². The number of carbonyl (C=O) groups is 2. The van der Waals surface area contributed by atoms with Gasteiger partial charge in [-0.25, -0.2) is 0 Å². The van der Waals surface area contributed by atoms with Crippen LogP contribution < -0.4 is 5.32 Å². The van der Waals surface area contributed by atoms with Crippen molar-refractivity contribution in [1.82, 2.24) is 5.32 Å². The first-order valence-electron chi connectivity index (χ1n) is 6.99. The van der Waals surface area contributed by atoms with E-state index in [4.69, 9.17) is 0 Å². The molecule has 1 aliphatic carbocycles. The van der Waals surface area contributed by atoms with Gasteiger partial charge in [-0.05, 0) is 39.2 Å². The molecule has 5 heteroatoms. The van der Waals surface area contributed by atoms with Gasteiger partial charge in [-0.3, -0.25) is 9.59 Å². The zero-order chi connectivity index (χ0) is 14.8. The van der Waals surface area contributed by atoms with Crippen LogP contribution in [0.25, 0.3) is 0 Å². The number of rotatable bonds is 6. The van der Waals surface area contributed by atoms with Crippen LogP contribution in [0, 0.1) is 13.8 Å². The molecule has 1 amide bonds. The van der Waals surface area contributed by atoms with Gasteiger partial charge in [-0.2, -0.15) is 0 Å². The highest BCUT2D eigenvalue weighted by Crippen LogP contribution is 2.30. The Morgan fingerprint density at radius 3 is 2.55 bits per heavy atom. The van der Waals surface area contributed by atoms with Crippen LogP contribution in [-0.4, -0.2) is 28.9 Å². The van der Waals surface area contributed by atoms with E-state index < -0.39 is 5.60 Å². The van der Waals surface area contributed by atoms with Gasteiger partial charge >= 0.3 is 0 Å². The smallest absolute Gasteiger partial charge is 0.220 e. The Morgan fingerprint density at radius 2 is 2.05 bits per heavy atom. The highest BCUT2D eigenvalue weighted by atomic mass is 32.1. The summed E-state index contributed by atoms with van der Waals surface area (Å²) in [4.78, 5) is 25.8. The molecule has 0 saturated heterocycles. The number of aryl methyl sites for hydroxylation is 2. The third kappa shape index (κ3) is 3.67. The molecule has 1 aliphatic rings. The second-order valence-electron chi connectivity index (χ2n) is 5.60. The summed E-state index contributed by atoms with van der Waals surface area (Å²) in [5.74, 6) is -0.146. The molecule has 0 atom stereocenters. The lowest BCUT2D eigenvalue weighted by molar-refractivity contribution is -0.123. The summed E-state index contributed by atoms with van der Waals surface area (Å²) in [5.41, 5.74) is 0.0266. The second-order valence-corrected chi connectivity index (χ2v) is 7.07. The van der Waals surface area contributed by atoms with Gasteiger partial charge in [0.05, 0.1) is 5.60 Å². The van der Waals surface area contributed by atoms with Crippen molar-refractivity contribution >= 4 is 23.0 Å². The standard InChI is InChI=1S/C15H21NO3S/c1-10-8-12(11(2)20-10)13(17)4-5-14(18)16-9-15(19)6-3-7-15/h8,19H,3-7,9H2,1-2H3,(H,16,18). The molecule has 0 unspecified atom stereocenters. The van der Waals surface area contributed by atoms with Crippen molar-refractivity contribution in [3.05, 3.63) is 21.4 Å². The fourth-order valence-corrected chi connectivity index (χ4v) is 3.33. The molecule has 1 aromatic heterocycles. The largest absolute Gasteiger partial charge is 0.388 e. The van der Waals surface area contributed by atoms with Crippen molar-refractivity contribution in [3.8, 4) is 0 Å². The Labute approximate surface area is 123 Å². The molecule has 0 spiro atoms. The van der Waals surface area contributed by atoms with Crippen LogP contribution >= 0.6 is 11.3 Å². The van der Waals surface area contributed by atoms with Crippen LogP contribution in [0.1, 0.15) is 52.2 Å². The van der Waals surface area contributed by atoms with E-state index in [0.717, 1.165) is 34.6 Å². The van der Waals surface area contributed by atoms with E-state index in [1.165, 1.54) is 0 Å². The number of carbonyl (C=O) groups excluding carboxylic acids is 2.